The van der Waals surface area contributed by atoms with Gasteiger partial charge in [-0.2, -0.15) is 0 Å². The number of aryl methyl sites for hydroxylation is 1. The summed E-state index contributed by atoms with van der Waals surface area (Å²) in [6.07, 6.45) is 3.12. The number of carbonyl (C=O) groups is 4. The monoisotopic (exact) mass is 440 g/mol. The van der Waals surface area contributed by atoms with Crippen molar-refractivity contribution in [1.29, 1.82) is 0 Å². The zero-order chi connectivity index (χ0) is 23.3. The maximum absolute atomic E-state index is 12.7. The second-order valence-electron chi connectivity index (χ2n) is 7.87. The Hall–Kier alpha value is -3.42. The first kappa shape index (κ1) is 23.2. The molecule has 8 heteroatoms. The van der Waals surface area contributed by atoms with Gasteiger partial charge in [-0.3, -0.25) is 14.4 Å². The molecule has 1 aromatic heterocycles. The van der Waals surface area contributed by atoms with Crippen molar-refractivity contribution in [3.63, 3.8) is 0 Å². The van der Waals surface area contributed by atoms with Gasteiger partial charge in [0.05, 0.1) is 12.7 Å². The molecule has 0 spiro atoms. The molecular formula is C24H28N2O6. The molecule has 2 aromatic rings. The van der Waals surface area contributed by atoms with Gasteiger partial charge in [0.15, 0.2) is 6.61 Å². The van der Waals surface area contributed by atoms with Crippen LogP contribution in [0.1, 0.15) is 57.8 Å². The van der Waals surface area contributed by atoms with Crippen molar-refractivity contribution in [2.24, 2.45) is 0 Å². The lowest BCUT2D eigenvalue weighted by atomic mass is 10.1. The predicted molar refractivity (Wildman–Crippen MR) is 117 cm³/mol. The van der Waals surface area contributed by atoms with Gasteiger partial charge < -0.3 is 18.9 Å². The van der Waals surface area contributed by atoms with Crippen LogP contribution >= 0.6 is 0 Å². The number of rotatable bonds is 7. The fourth-order valence-electron chi connectivity index (χ4n) is 3.94. The molecule has 32 heavy (non-hydrogen) atoms. The number of likely N-dealkylation sites (tertiary alicyclic amines) is 1. The first-order valence-corrected chi connectivity index (χ1v) is 10.7. The molecule has 0 radical (unpaired) electrons. The third kappa shape index (κ3) is 5.25. The molecular weight excluding hydrogens is 412 g/mol. The zero-order valence-corrected chi connectivity index (χ0v) is 18.7. The molecule has 170 valence electrons. The molecule has 0 unspecified atom stereocenters. The first-order valence-electron chi connectivity index (χ1n) is 10.7. The molecule has 1 fully saturated rings. The van der Waals surface area contributed by atoms with E-state index in [4.69, 9.17) is 9.47 Å². The molecule has 0 atom stereocenters. The normalized spacial score (nSPS) is 14.1. The average Bonchev–Trinajstić information content (AvgIpc) is 2.94. The highest BCUT2D eigenvalue weighted by atomic mass is 16.5. The highest BCUT2D eigenvalue weighted by Crippen LogP contribution is 2.22. The zero-order valence-electron chi connectivity index (χ0n) is 18.7. The Labute approximate surface area is 187 Å². The van der Waals surface area contributed by atoms with E-state index in [9.17, 15) is 19.2 Å². The maximum Gasteiger partial charge on any atom is 0.337 e. The van der Waals surface area contributed by atoms with E-state index in [2.05, 4.69) is 0 Å². The van der Waals surface area contributed by atoms with Gasteiger partial charge in [0.2, 0.25) is 11.7 Å². The second kappa shape index (κ2) is 10.3. The SMILES string of the molecule is COC(=O)c1ccc(-n2c(C)cc(C(=O)COC(=O)CN3CCCCCC3=O)c2C)cc1. The molecule has 1 aliphatic rings. The third-order valence-electron chi connectivity index (χ3n) is 5.63. The summed E-state index contributed by atoms with van der Waals surface area (Å²) in [7, 11) is 1.33. The van der Waals surface area contributed by atoms with Gasteiger partial charge >= 0.3 is 11.9 Å². The highest BCUT2D eigenvalue weighted by Gasteiger charge is 2.22. The van der Waals surface area contributed by atoms with Crippen molar-refractivity contribution in [3.05, 3.63) is 52.8 Å². The summed E-state index contributed by atoms with van der Waals surface area (Å²) in [5, 5.41) is 0. The lowest BCUT2D eigenvalue weighted by molar-refractivity contribution is -0.148. The molecule has 1 saturated heterocycles. The largest absolute Gasteiger partial charge is 0.465 e. The maximum atomic E-state index is 12.7. The van der Waals surface area contributed by atoms with Gasteiger partial charge in [0, 0.05) is 35.6 Å². The van der Waals surface area contributed by atoms with Crippen LogP contribution in [0, 0.1) is 13.8 Å². The number of hydrogen-bond acceptors (Lipinski definition) is 6. The van der Waals surface area contributed by atoms with Crippen molar-refractivity contribution in [2.45, 2.75) is 39.5 Å². The van der Waals surface area contributed by atoms with Gasteiger partial charge in [0.25, 0.3) is 0 Å². The summed E-state index contributed by atoms with van der Waals surface area (Å²) in [6, 6.07) is 8.62. The molecule has 1 amide bonds. The van der Waals surface area contributed by atoms with Crippen LogP contribution < -0.4 is 0 Å². The first-order chi connectivity index (χ1) is 15.3. The molecule has 8 nitrogen and oxygen atoms in total. The number of benzene rings is 1. The number of nitrogens with zero attached hydrogens (tertiary/aromatic N) is 2. The summed E-state index contributed by atoms with van der Waals surface area (Å²) in [5.41, 5.74) is 3.22. The number of ketones is 1. The number of ether oxygens (including phenoxy) is 2. The second-order valence-corrected chi connectivity index (χ2v) is 7.87. The number of methoxy groups -OCH3 is 1. The van der Waals surface area contributed by atoms with E-state index >= 15 is 0 Å². The Morgan fingerprint density at radius 1 is 1.03 bits per heavy atom. The van der Waals surface area contributed by atoms with Crippen LogP contribution in [0.5, 0.6) is 0 Å². The third-order valence-corrected chi connectivity index (χ3v) is 5.63. The van der Waals surface area contributed by atoms with Crippen molar-refractivity contribution in [3.8, 4) is 5.69 Å². The van der Waals surface area contributed by atoms with Crippen LogP contribution in [0.25, 0.3) is 5.69 Å². The molecule has 1 aliphatic heterocycles. The topological polar surface area (TPSA) is 94.9 Å². The minimum Gasteiger partial charge on any atom is -0.465 e. The molecule has 0 N–H and O–H groups in total. The molecule has 3 rings (SSSR count). The summed E-state index contributed by atoms with van der Waals surface area (Å²) in [6.45, 7) is 3.71. The average molecular weight is 440 g/mol. The minimum absolute atomic E-state index is 0.0486. The Balaban J connectivity index is 1.65. The number of amides is 1. The predicted octanol–water partition coefficient (Wildman–Crippen LogP) is 3.01. The highest BCUT2D eigenvalue weighted by molar-refractivity contribution is 5.99. The Kier molecular flexibility index (Phi) is 7.45. The van der Waals surface area contributed by atoms with Gasteiger partial charge in [-0.1, -0.05) is 6.42 Å². The smallest absolute Gasteiger partial charge is 0.337 e. The summed E-state index contributed by atoms with van der Waals surface area (Å²) in [4.78, 5) is 50.1. The van der Waals surface area contributed by atoms with Gasteiger partial charge in [-0.05, 0) is 57.0 Å². The van der Waals surface area contributed by atoms with E-state index in [0.29, 0.717) is 29.8 Å². The van der Waals surface area contributed by atoms with Gasteiger partial charge in [0.1, 0.15) is 6.54 Å². The Bertz CT molecular complexity index is 1020. The van der Waals surface area contributed by atoms with Gasteiger partial charge in [-0.15, -0.1) is 0 Å². The number of aromatic nitrogens is 1. The number of carbonyl (C=O) groups excluding carboxylic acids is 4. The van der Waals surface area contributed by atoms with Crippen LogP contribution in [0.4, 0.5) is 0 Å². The van der Waals surface area contributed by atoms with Crippen LogP contribution in [0.15, 0.2) is 30.3 Å². The fraction of sp³-hybridized carbons (Fsp3) is 0.417. The Morgan fingerprint density at radius 3 is 2.44 bits per heavy atom. The van der Waals surface area contributed by atoms with E-state index < -0.39 is 11.9 Å². The van der Waals surface area contributed by atoms with Crippen molar-refractivity contribution >= 4 is 23.6 Å². The molecule has 1 aromatic carbocycles. The number of esters is 2. The summed E-state index contributed by atoms with van der Waals surface area (Å²) < 4.78 is 11.8. The van der Waals surface area contributed by atoms with E-state index in [0.717, 1.165) is 30.6 Å². The quantitative estimate of drug-likeness (QED) is 0.485. The molecule has 0 aliphatic carbocycles. The van der Waals surface area contributed by atoms with Crippen LogP contribution in [-0.2, 0) is 19.1 Å². The van der Waals surface area contributed by atoms with Crippen molar-refractivity contribution in [2.75, 3.05) is 26.8 Å². The molecule has 0 bridgehead atoms. The Morgan fingerprint density at radius 2 is 1.75 bits per heavy atom. The molecule has 2 heterocycles. The summed E-state index contributed by atoms with van der Waals surface area (Å²) in [5.74, 6) is -1.36. The standard InChI is InChI=1S/C24H28N2O6/c1-16-13-20(17(2)26(16)19-10-8-18(9-11-19)24(30)31-3)21(27)15-32-23(29)14-25-12-6-4-5-7-22(25)28/h8-11,13H,4-7,12,14-15H2,1-3H3. The van der Waals surface area contributed by atoms with Crippen LogP contribution in [0.2, 0.25) is 0 Å². The van der Waals surface area contributed by atoms with Crippen molar-refractivity contribution in [1.82, 2.24) is 9.47 Å². The number of hydrogen-bond donors (Lipinski definition) is 0. The van der Waals surface area contributed by atoms with E-state index in [-0.39, 0.29) is 24.8 Å². The number of Topliss-reactive ketones (excluding diaryl/α,β-unsaturated/α-hetero) is 1. The van der Waals surface area contributed by atoms with Crippen LogP contribution in [0.3, 0.4) is 0 Å². The fourth-order valence-corrected chi connectivity index (χ4v) is 3.94. The van der Waals surface area contributed by atoms with E-state index in [1.807, 2.05) is 18.4 Å². The van der Waals surface area contributed by atoms with E-state index in [1.165, 1.54) is 12.0 Å². The summed E-state index contributed by atoms with van der Waals surface area (Å²) >= 11 is 0. The van der Waals surface area contributed by atoms with Gasteiger partial charge in [-0.25, -0.2) is 4.79 Å². The lowest BCUT2D eigenvalue weighted by Crippen LogP contribution is -2.36. The van der Waals surface area contributed by atoms with Crippen LogP contribution in [-0.4, -0.2) is 59.9 Å². The lowest BCUT2D eigenvalue weighted by Gasteiger charge is -2.19. The minimum atomic E-state index is -0.583. The van der Waals surface area contributed by atoms with E-state index in [1.54, 1.807) is 30.3 Å². The van der Waals surface area contributed by atoms with Crippen molar-refractivity contribution < 1.29 is 28.7 Å². The molecule has 0 saturated carbocycles.